The molecular formula is C27H44N7O10P. The highest BCUT2D eigenvalue weighted by Gasteiger charge is 2.32. The molecule has 2 aromatic heterocycles. The molecule has 6 N–H and O–H groups in total. The Balaban J connectivity index is 0.00000111. The number of nitrogens with two attached hydrogens (primary N) is 1. The Morgan fingerprint density at radius 2 is 1.44 bits per heavy atom. The Morgan fingerprint density at radius 3 is 1.91 bits per heavy atom. The van der Waals surface area contributed by atoms with E-state index in [1.807, 2.05) is 13.8 Å². The molecule has 0 amide bonds. The minimum absolute atomic E-state index is 0.273. The van der Waals surface area contributed by atoms with Crippen LogP contribution in [0.2, 0.25) is 0 Å². The molecule has 1 unspecified atom stereocenters. The SMILES string of the molecule is CCCCOC(=O)[C@H](C)NP(=O)(COC(C)Cn1cnc2c(N)ncnc21)N[C@@H](C)C(=O)OCCCC.O=C(O)/C=C/C(=O)O. The summed E-state index contributed by atoms with van der Waals surface area (Å²) in [6.07, 6.45) is 6.54. The smallest absolute Gasteiger partial charge is 0.328 e. The van der Waals surface area contributed by atoms with Gasteiger partial charge in [-0.15, -0.1) is 0 Å². The summed E-state index contributed by atoms with van der Waals surface area (Å²) in [5, 5.41) is 21.2. The number of rotatable bonds is 19. The van der Waals surface area contributed by atoms with Crippen LogP contribution < -0.4 is 15.9 Å². The molecule has 0 spiro atoms. The zero-order valence-corrected chi connectivity index (χ0v) is 27.1. The molecule has 0 aliphatic rings. The molecule has 0 aliphatic heterocycles. The molecule has 252 valence electrons. The maximum atomic E-state index is 13.8. The van der Waals surface area contributed by atoms with Crippen LogP contribution in [0.15, 0.2) is 24.8 Å². The van der Waals surface area contributed by atoms with Crippen molar-refractivity contribution < 1.29 is 48.2 Å². The molecule has 0 saturated heterocycles. The second-order valence-corrected chi connectivity index (χ2v) is 12.2. The Bertz CT molecular complexity index is 1290. The number of carbonyl (C=O) groups is 4. The molecule has 0 aliphatic carbocycles. The van der Waals surface area contributed by atoms with Crippen molar-refractivity contribution in [3.63, 3.8) is 0 Å². The maximum Gasteiger partial charge on any atom is 0.328 e. The van der Waals surface area contributed by atoms with Crippen LogP contribution in [0.5, 0.6) is 0 Å². The van der Waals surface area contributed by atoms with Gasteiger partial charge in [0.25, 0.3) is 0 Å². The fourth-order valence-electron chi connectivity index (χ4n) is 3.46. The average Bonchev–Trinajstić information content (AvgIpc) is 3.39. The van der Waals surface area contributed by atoms with Gasteiger partial charge in [0, 0.05) is 12.2 Å². The van der Waals surface area contributed by atoms with Gasteiger partial charge in [0.05, 0.1) is 32.2 Å². The largest absolute Gasteiger partial charge is 0.478 e. The fourth-order valence-corrected chi connectivity index (χ4v) is 5.61. The van der Waals surface area contributed by atoms with Gasteiger partial charge >= 0.3 is 23.9 Å². The first kappa shape index (κ1) is 39.1. The summed E-state index contributed by atoms with van der Waals surface area (Å²) in [7, 11) is -3.61. The summed E-state index contributed by atoms with van der Waals surface area (Å²) in [5.41, 5.74) is 6.88. The Hall–Kier alpha value is -3.92. The number of carboxylic acids is 2. The van der Waals surface area contributed by atoms with Crippen LogP contribution in [0.25, 0.3) is 11.2 Å². The van der Waals surface area contributed by atoms with E-state index in [0.29, 0.717) is 29.9 Å². The van der Waals surface area contributed by atoms with Crippen LogP contribution in [0, 0.1) is 0 Å². The Morgan fingerprint density at radius 1 is 0.933 bits per heavy atom. The van der Waals surface area contributed by atoms with Gasteiger partial charge in [-0.2, -0.15) is 0 Å². The number of hydrogen-bond donors (Lipinski definition) is 5. The van der Waals surface area contributed by atoms with Gasteiger partial charge in [-0.05, 0) is 33.6 Å². The van der Waals surface area contributed by atoms with E-state index < -0.39 is 49.5 Å². The zero-order chi connectivity index (χ0) is 34.0. The number of nitrogens with one attached hydrogen (secondary N) is 2. The molecule has 18 heteroatoms. The number of fused-ring (bicyclic) bond motifs is 1. The van der Waals surface area contributed by atoms with Crippen molar-refractivity contribution in [3.05, 3.63) is 24.8 Å². The summed E-state index contributed by atoms with van der Waals surface area (Å²) in [4.78, 5) is 56.3. The van der Waals surface area contributed by atoms with Crippen molar-refractivity contribution in [2.75, 3.05) is 25.3 Å². The summed E-state index contributed by atoms with van der Waals surface area (Å²) in [6.45, 7) is 9.78. The molecular weight excluding hydrogens is 613 g/mol. The number of nitrogens with zero attached hydrogens (tertiary/aromatic N) is 4. The van der Waals surface area contributed by atoms with Crippen molar-refractivity contribution in [1.82, 2.24) is 29.7 Å². The first-order valence-electron chi connectivity index (χ1n) is 14.4. The molecule has 0 aromatic carbocycles. The molecule has 2 rings (SSSR count). The van der Waals surface area contributed by atoms with Gasteiger partial charge in [0.1, 0.15) is 30.3 Å². The molecule has 0 bridgehead atoms. The van der Waals surface area contributed by atoms with Crippen LogP contribution in [-0.2, 0) is 44.5 Å². The average molecular weight is 658 g/mol. The topological polar surface area (TPSA) is 247 Å². The third-order valence-corrected chi connectivity index (χ3v) is 7.91. The van der Waals surface area contributed by atoms with Gasteiger partial charge in [0.2, 0.25) is 7.44 Å². The molecule has 3 atom stereocenters. The summed E-state index contributed by atoms with van der Waals surface area (Å²) in [5.74, 6) is -3.32. The number of aliphatic carboxylic acids is 2. The number of nitrogen functional groups attached to an aromatic ring is 1. The summed E-state index contributed by atoms with van der Waals surface area (Å²) in [6, 6.07) is -1.79. The number of unbranched alkanes of at least 4 members (excludes halogenated alkanes) is 2. The van der Waals surface area contributed by atoms with E-state index in [-0.39, 0.29) is 25.4 Å². The van der Waals surface area contributed by atoms with Gasteiger partial charge < -0.3 is 34.7 Å². The minimum Gasteiger partial charge on any atom is -0.478 e. The van der Waals surface area contributed by atoms with Crippen molar-refractivity contribution in [2.24, 2.45) is 0 Å². The first-order valence-corrected chi connectivity index (χ1v) is 16.3. The lowest BCUT2D eigenvalue weighted by Gasteiger charge is -2.27. The third kappa shape index (κ3) is 15.1. The van der Waals surface area contributed by atoms with Crippen LogP contribution in [0.1, 0.15) is 60.3 Å². The fraction of sp³-hybridized carbons (Fsp3) is 0.593. The lowest BCUT2D eigenvalue weighted by atomic mass is 10.3. The molecule has 45 heavy (non-hydrogen) atoms. The van der Waals surface area contributed by atoms with Gasteiger partial charge in [-0.1, -0.05) is 26.7 Å². The van der Waals surface area contributed by atoms with Crippen LogP contribution in [-0.4, -0.2) is 91.4 Å². The lowest BCUT2D eigenvalue weighted by molar-refractivity contribution is -0.145. The predicted octanol–water partition coefficient (Wildman–Crippen LogP) is 2.32. The molecule has 0 fully saturated rings. The number of esters is 2. The van der Waals surface area contributed by atoms with Crippen LogP contribution >= 0.6 is 7.44 Å². The van der Waals surface area contributed by atoms with Crippen LogP contribution in [0.4, 0.5) is 5.82 Å². The Labute approximate surface area is 261 Å². The highest BCUT2D eigenvalue weighted by atomic mass is 31.2. The van der Waals surface area contributed by atoms with Crippen LogP contribution in [0.3, 0.4) is 0 Å². The maximum absolute atomic E-state index is 13.8. The van der Waals surface area contributed by atoms with E-state index in [2.05, 4.69) is 25.1 Å². The van der Waals surface area contributed by atoms with E-state index in [4.69, 9.17) is 30.2 Å². The molecule has 2 heterocycles. The number of aromatic nitrogens is 4. The molecule has 0 saturated carbocycles. The van der Waals surface area contributed by atoms with Crippen molar-refractivity contribution >= 4 is 48.3 Å². The third-order valence-electron chi connectivity index (χ3n) is 5.79. The summed E-state index contributed by atoms with van der Waals surface area (Å²) >= 11 is 0. The van der Waals surface area contributed by atoms with E-state index in [9.17, 15) is 23.7 Å². The van der Waals surface area contributed by atoms with Gasteiger partial charge in [0.15, 0.2) is 11.5 Å². The number of imidazole rings is 1. The highest BCUT2D eigenvalue weighted by Crippen LogP contribution is 2.38. The number of hydrogen-bond acceptors (Lipinski definition) is 12. The number of ether oxygens (including phenoxy) is 3. The second kappa shape index (κ2) is 20.2. The quantitative estimate of drug-likeness (QED) is 0.0629. The van der Waals surface area contributed by atoms with Gasteiger partial charge in [-0.25, -0.2) is 34.7 Å². The summed E-state index contributed by atoms with van der Waals surface area (Å²) < 4.78 is 32.0. The first-order chi connectivity index (χ1) is 21.2. The second-order valence-electron chi connectivity index (χ2n) is 9.93. The minimum atomic E-state index is -3.61. The molecule has 0 radical (unpaired) electrons. The zero-order valence-electron chi connectivity index (χ0n) is 26.2. The standard InChI is InChI=1S/C23H40N7O6P.C4H4O4/c1-6-8-10-34-22(31)17(4)28-37(33,29-18(5)23(32)35-11-9-7-2)15-36-16(3)12-30-14-27-19-20(24)25-13-26-21(19)30;5-3(6)1-2-4(7)8/h13-14,16-18H,6-12,15H2,1-5H3,(H2,24,25,26)(H2,28,29,33);1-2H,(H,5,6)(H,7,8)/b;2-1+/t16?,17-,18-;/m0./s1. The van der Waals surface area contributed by atoms with E-state index in [1.165, 1.54) is 6.33 Å². The van der Waals surface area contributed by atoms with Crippen molar-refractivity contribution in [2.45, 2.75) is 85.0 Å². The van der Waals surface area contributed by atoms with Crippen molar-refractivity contribution in [3.8, 4) is 0 Å². The Kier molecular flexibility index (Phi) is 17.5. The highest BCUT2D eigenvalue weighted by molar-refractivity contribution is 7.59. The monoisotopic (exact) mass is 657 g/mol. The lowest BCUT2D eigenvalue weighted by Crippen LogP contribution is -2.43. The van der Waals surface area contributed by atoms with Gasteiger partial charge in [-0.3, -0.25) is 14.2 Å². The van der Waals surface area contributed by atoms with E-state index in [1.54, 1.807) is 31.7 Å². The number of carboxylic acid groups (broad SMARTS) is 2. The van der Waals surface area contributed by atoms with E-state index in [0.717, 1.165) is 25.7 Å². The van der Waals surface area contributed by atoms with E-state index >= 15 is 0 Å². The molecule has 17 nitrogen and oxygen atoms in total. The molecule has 2 aromatic rings. The number of anilines is 1. The number of carbonyl (C=O) groups excluding carboxylic acids is 2. The van der Waals surface area contributed by atoms with Crippen molar-refractivity contribution in [1.29, 1.82) is 0 Å². The predicted molar refractivity (Wildman–Crippen MR) is 164 cm³/mol. The normalized spacial score (nSPS) is 13.4.